The minimum absolute atomic E-state index is 0.0267. The fourth-order valence-electron chi connectivity index (χ4n) is 4.39. The van der Waals surface area contributed by atoms with Crippen LogP contribution in [0.4, 0.5) is 0 Å². The van der Waals surface area contributed by atoms with Crippen LogP contribution in [0.25, 0.3) is 0 Å². The van der Waals surface area contributed by atoms with Crippen LogP contribution in [-0.4, -0.2) is 47.1 Å². The first-order valence-electron chi connectivity index (χ1n) is 9.58. The smallest absolute Gasteiger partial charge is 0.330 e. The molecule has 27 heavy (non-hydrogen) atoms. The number of carbonyl (C=O) groups excluding carboxylic acids is 3. The summed E-state index contributed by atoms with van der Waals surface area (Å²) in [6, 6.07) is 9.40. The average molecular weight is 388 g/mol. The van der Waals surface area contributed by atoms with Crippen LogP contribution in [0.15, 0.2) is 30.3 Å². The normalized spacial score (nSPS) is 27.6. The lowest BCUT2D eigenvalue weighted by Crippen LogP contribution is -2.47. The lowest BCUT2D eigenvalue weighted by Gasteiger charge is -2.33. The first-order valence-corrected chi connectivity index (χ1v) is 10.6. The SMILES string of the molecule is O=C(COC(=O)[C@H]1CS[C@@]2(c3ccccc3)CCC(=O)N12)NC1CCCC1. The lowest BCUT2D eigenvalue weighted by molar-refractivity contribution is -0.156. The van der Waals surface area contributed by atoms with Crippen LogP contribution >= 0.6 is 11.8 Å². The number of fused-ring (bicyclic) bond motifs is 1. The zero-order valence-electron chi connectivity index (χ0n) is 15.2. The highest BCUT2D eigenvalue weighted by molar-refractivity contribution is 8.00. The van der Waals surface area contributed by atoms with Gasteiger partial charge in [-0.1, -0.05) is 43.2 Å². The van der Waals surface area contributed by atoms with Crippen molar-refractivity contribution < 1.29 is 19.1 Å². The van der Waals surface area contributed by atoms with Crippen LogP contribution in [-0.2, 0) is 24.0 Å². The Morgan fingerprint density at radius 1 is 1.22 bits per heavy atom. The van der Waals surface area contributed by atoms with Crippen molar-refractivity contribution in [2.75, 3.05) is 12.4 Å². The molecule has 1 aromatic rings. The van der Waals surface area contributed by atoms with Crippen molar-refractivity contribution in [2.45, 2.75) is 55.5 Å². The Bertz CT molecular complexity index is 735. The number of nitrogens with one attached hydrogen (secondary N) is 1. The van der Waals surface area contributed by atoms with Crippen molar-refractivity contribution in [3.8, 4) is 0 Å². The Labute approximate surface area is 163 Å². The number of ether oxygens (including phenoxy) is 1. The van der Waals surface area contributed by atoms with Crippen molar-refractivity contribution in [1.29, 1.82) is 0 Å². The van der Waals surface area contributed by atoms with E-state index in [1.807, 2.05) is 30.3 Å². The van der Waals surface area contributed by atoms with Gasteiger partial charge in [-0.05, 0) is 24.8 Å². The van der Waals surface area contributed by atoms with E-state index in [0.717, 1.165) is 31.2 Å². The van der Waals surface area contributed by atoms with Gasteiger partial charge in [0.1, 0.15) is 10.9 Å². The first kappa shape index (κ1) is 18.3. The molecule has 0 aromatic heterocycles. The molecule has 1 N–H and O–H groups in total. The molecule has 0 radical (unpaired) electrons. The quantitative estimate of drug-likeness (QED) is 0.783. The molecule has 3 aliphatic rings. The second-order valence-corrected chi connectivity index (χ2v) is 8.69. The van der Waals surface area contributed by atoms with E-state index < -0.39 is 16.9 Å². The topological polar surface area (TPSA) is 75.7 Å². The average Bonchev–Trinajstić information content (AvgIpc) is 3.39. The molecule has 1 saturated carbocycles. The number of benzene rings is 1. The van der Waals surface area contributed by atoms with Crippen molar-refractivity contribution in [1.82, 2.24) is 10.2 Å². The van der Waals surface area contributed by atoms with E-state index >= 15 is 0 Å². The molecule has 0 spiro atoms. The predicted molar refractivity (Wildman–Crippen MR) is 102 cm³/mol. The van der Waals surface area contributed by atoms with Gasteiger partial charge in [-0.15, -0.1) is 11.8 Å². The van der Waals surface area contributed by atoms with Crippen molar-refractivity contribution in [3.05, 3.63) is 35.9 Å². The minimum Gasteiger partial charge on any atom is -0.454 e. The summed E-state index contributed by atoms with van der Waals surface area (Å²) in [4.78, 5) is 38.4. The highest BCUT2D eigenvalue weighted by atomic mass is 32.2. The van der Waals surface area contributed by atoms with E-state index in [9.17, 15) is 14.4 Å². The van der Waals surface area contributed by atoms with E-state index in [1.54, 1.807) is 16.7 Å². The molecule has 0 bridgehead atoms. The summed E-state index contributed by atoms with van der Waals surface area (Å²) >= 11 is 1.62. The molecule has 2 amide bonds. The molecule has 7 heteroatoms. The van der Waals surface area contributed by atoms with Gasteiger partial charge in [-0.3, -0.25) is 9.59 Å². The Morgan fingerprint density at radius 2 is 1.96 bits per heavy atom. The van der Waals surface area contributed by atoms with Crippen molar-refractivity contribution in [3.63, 3.8) is 0 Å². The van der Waals surface area contributed by atoms with Crippen LogP contribution in [0.3, 0.4) is 0 Å². The fourth-order valence-corrected chi connectivity index (χ4v) is 6.02. The van der Waals surface area contributed by atoms with Crippen LogP contribution in [0.1, 0.15) is 44.1 Å². The summed E-state index contributed by atoms with van der Waals surface area (Å²) in [5.74, 6) is -0.287. The summed E-state index contributed by atoms with van der Waals surface area (Å²) in [7, 11) is 0. The van der Waals surface area contributed by atoms with Crippen LogP contribution < -0.4 is 5.32 Å². The number of amides is 2. The molecule has 2 saturated heterocycles. The monoisotopic (exact) mass is 388 g/mol. The van der Waals surface area contributed by atoms with E-state index in [4.69, 9.17) is 4.74 Å². The third-order valence-corrected chi connectivity index (χ3v) is 7.29. The van der Waals surface area contributed by atoms with Gasteiger partial charge < -0.3 is 15.0 Å². The van der Waals surface area contributed by atoms with Gasteiger partial charge in [0.25, 0.3) is 5.91 Å². The van der Waals surface area contributed by atoms with Gasteiger partial charge in [0, 0.05) is 18.2 Å². The number of hydrogen-bond donors (Lipinski definition) is 1. The largest absolute Gasteiger partial charge is 0.454 e. The number of thioether (sulfide) groups is 1. The van der Waals surface area contributed by atoms with Crippen LogP contribution in [0, 0.1) is 0 Å². The summed E-state index contributed by atoms with van der Waals surface area (Å²) < 4.78 is 5.28. The third kappa shape index (κ3) is 3.45. The second-order valence-electron chi connectivity index (χ2n) is 7.40. The minimum atomic E-state index is -0.635. The molecule has 1 aliphatic carbocycles. The highest BCUT2D eigenvalue weighted by Gasteiger charge is 2.57. The molecule has 2 heterocycles. The maximum Gasteiger partial charge on any atom is 0.330 e. The lowest BCUT2D eigenvalue weighted by atomic mass is 10.0. The summed E-state index contributed by atoms with van der Waals surface area (Å²) in [5, 5.41) is 2.91. The zero-order valence-corrected chi connectivity index (χ0v) is 16.0. The molecular formula is C20H24N2O4S. The van der Waals surface area contributed by atoms with Gasteiger partial charge in [0.15, 0.2) is 6.61 Å². The number of rotatable bonds is 5. The molecule has 2 aliphatic heterocycles. The molecule has 144 valence electrons. The first-order chi connectivity index (χ1) is 13.1. The number of carbonyl (C=O) groups is 3. The Morgan fingerprint density at radius 3 is 2.70 bits per heavy atom. The Balaban J connectivity index is 1.41. The van der Waals surface area contributed by atoms with E-state index in [-0.39, 0.29) is 24.5 Å². The second kappa shape index (κ2) is 7.54. The van der Waals surface area contributed by atoms with Crippen LogP contribution in [0.2, 0.25) is 0 Å². The third-order valence-electron chi connectivity index (χ3n) is 5.69. The van der Waals surface area contributed by atoms with Gasteiger partial charge >= 0.3 is 5.97 Å². The van der Waals surface area contributed by atoms with E-state index in [0.29, 0.717) is 18.6 Å². The molecule has 4 rings (SSSR count). The van der Waals surface area contributed by atoms with Gasteiger partial charge in [-0.2, -0.15) is 0 Å². The van der Waals surface area contributed by atoms with E-state index in [2.05, 4.69) is 5.32 Å². The number of hydrogen-bond acceptors (Lipinski definition) is 5. The maximum atomic E-state index is 12.6. The molecule has 3 fully saturated rings. The summed E-state index contributed by atoms with van der Waals surface area (Å²) in [5.41, 5.74) is 1.04. The Hall–Kier alpha value is -2.02. The fraction of sp³-hybridized carbons (Fsp3) is 0.550. The number of esters is 1. The van der Waals surface area contributed by atoms with Gasteiger partial charge in [0.05, 0.1) is 0 Å². The van der Waals surface area contributed by atoms with Crippen LogP contribution in [0.5, 0.6) is 0 Å². The molecule has 2 atom stereocenters. The van der Waals surface area contributed by atoms with Crippen molar-refractivity contribution >= 4 is 29.5 Å². The maximum absolute atomic E-state index is 12.6. The zero-order chi connectivity index (χ0) is 18.9. The highest BCUT2D eigenvalue weighted by Crippen LogP contribution is 2.54. The Kier molecular flexibility index (Phi) is 5.12. The summed E-state index contributed by atoms with van der Waals surface area (Å²) in [6.07, 6.45) is 5.34. The molecule has 1 aromatic carbocycles. The predicted octanol–water partition coefficient (Wildman–Crippen LogP) is 2.18. The van der Waals surface area contributed by atoms with Gasteiger partial charge in [0.2, 0.25) is 5.91 Å². The molecule has 6 nitrogen and oxygen atoms in total. The summed E-state index contributed by atoms with van der Waals surface area (Å²) in [6.45, 7) is -0.281. The molecule has 0 unspecified atom stereocenters. The molecular weight excluding hydrogens is 364 g/mol. The van der Waals surface area contributed by atoms with E-state index in [1.165, 1.54) is 0 Å². The number of nitrogens with zero attached hydrogens (tertiary/aromatic N) is 1. The van der Waals surface area contributed by atoms with Gasteiger partial charge in [-0.25, -0.2) is 4.79 Å². The van der Waals surface area contributed by atoms with Crippen molar-refractivity contribution in [2.24, 2.45) is 0 Å². The standard InChI is InChI=1S/C20H24N2O4S/c23-17(21-15-8-4-5-9-15)12-26-19(25)16-13-27-20(11-10-18(24)22(16)20)14-6-2-1-3-7-14/h1-3,6-7,15-16H,4-5,8-13H2,(H,21,23)/t16-,20-/m1/s1.